The van der Waals surface area contributed by atoms with Crippen LogP contribution in [-0.4, -0.2) is 84.7 Å². The van der Waals surface area contributed by atoms with Crippen LogP contribution in [0.3, 0.4) is 0 Å². The molecule has 0 saturated carbocycles. The van der Waals surface area contributed by atoms with Gasteiger partial charge in [-0.05, 0) is 25.2 Å². The van der Waals surface area contributed by atoms with E-state index in [0.29, 0.717) is 0 Å². The third kappa shape index (κ3) is 6.21. The number of hydrogen-bond acceptors (Lipinski definition) is 5. The molecule has 1 aromatic rings. The van der Waals surface area contributed by atoms with Crippen LogP contribution in [0.25, 0.3) is 0 Å². The Kier molecular flexibility index (Phi) is 7.52. The molecule has 2 fully saturated rings. The number of nitrogens with zero attached hydrogens (tertiary/aromatic N) is 5. The summed E-state index contributed by atoms with van der Waals surface area (Å²) in [5, 5.41) is 7.50. The van der Waals surface area contributed by atoms with E-state index in [0.717, 1.165) is 75.8 Å². The van der Waals surface area contributed by atoms with Crippen molar-refractivity contribution < 1.29 is 4.52 Å². The van der Waals surface area contributed by atoms with Gasteiger partial charge in [0.2, 0.25) is 0 Å². The van der Waals surface area contributed by atoms with Crippen LogP contribution >= 0.6 is 0 Å². The third-order valence-corrected chi connectivity index (χ3v) is 5.51. The number of likely N-dealkylation sites (tertiary alicyclic amines) is 1. The van der Waals surface area contributed by atoms with Gasteiger partial charge in [0.25, 0.3) is 0 Å². The van der Waals surface area contributed by atoms with Crippen LogP contribution < -0.4 is 5.32 Å². The quantitative estimate of drug-likeness (QED) is 0.603. The lowest BCUT2D eigenvalue weighted by Crippen LogP contribution is -2.52. The van der Waals surface area contributed by atoms with Gasteiger partial charge in [-0.1, -0.05) is 19.0 Å². The number of rotatable bonds is 6. The molecule has 0 amide bonds. The standard InChI is InChI=1S/C20H36N6O/c1-4-21-20(22-6-7-25-14-17(2)13-18(3)15-25)26-10-8-24(9-11-26)16-19-5-12-27-23-19/h5,12,17-18H,4,6-11,13-16H2,1-3H3,(H,21,22). The van der Waals surface area contributed by atoms with Gasteiger partial charge in [0.1, 0.15) is 6.26 Å². The molecule has 3 rings (SSSR count). The third-order valence-electron chi connectivity index (χ3n) is 5.51. The van der Waals surface area contributed by atoms with Crippen LogP contribution in [0.5, 0.6) is 0 Å². The first-order valence-electron chi connectivity index (χ1n) is 10.5. The molecule has 2 aliphatic heterocycles. The fourth-order valence-electron chi connectivity index (χ4n) is 4.36. The lowest BCUT2D eigenvalue weighted by molar-refractivity contribution is 0.144. The molecule has 7 nitrogen and oxygen atoms in total. The maximum atomic E-state index is 4.93. The van der Waals surface area contributed by atoms with Crippen molar-refractivity contribution >= 4 is 5.96 Å². The van der Waals surface area contributed by atoms with Crippen molar-refractivity contribution in [2.24, 2.45) is 16.8 Å². The number of guanidine groups is 1. The molecule has 0 radical (unpaired) electrons. The zero-order chi connectivity index (χ0) is 19.1. The van der Waals surface area contributed by atoms with E-state index in [1.54, 1.807) is 6.26 Å². The Balaban J connectivity index is 1.46. The summed E-state index contributed by atoms with van der Waals surface area (Å²) >= 11 is 0. The summed E-state index contributed by atoms with van der Waals surface area (Å²) in [6, 6.07) is 1.94. The number of aliphatic imine (C=N–C) groups is 1. The number of hydrogen-bond donors (Lipinski definition) is 1. The van der Waals surface area contributed by atoms with Crippen molar-refractivity contribution in [2.45, 2.75) is 33.7 Å². The fourth-order valence-corrected chi connectivity index (χ4v) is 4.36. The molecule has 2 saturated heterocycles. The second-order valence-corrected chi connectivity index (χ2v) is 8.20. The number of aromatic nitrogens is 1. The van der Waals surface area contributed by atoms with E-state index in [9.17, 15) is 0 Å². The fraction of sp³-hybridized carbons (Fsp3) is 0.800. The molecule has 2 atom stereocenters. The smallest absolute Gasteiger partial charge is 0.194 e. The molecule has 152 valence electrons. The van der Waals surface area contributed by atoms with Crippen molar-refractivity contribution in [3.8, 4) is 0 Å². The molecule has 2 aliphatic rings. The Morgan fingerprint density at radius 3 is 2.56 bits per heavy atom. The molecule has 7 heteroatoms. The van der Waals surface area contributed by atoms with Crippen molar-refractivity contribution in [1.82, 2.24) is 25.2 Å². The summed E-state index contributed by atoms with van der Waals surface area (Å²) in [5.74, 6) is 2.68. The number of piperidine rings is 1. The molecule has 0 aliphatic carbocycles. The Bertz CT molecular complexity index is 557. The van der Waals surface area contributed by atoms with Gasteiger partial charge >= 0.3 is 0 Å². The maximum absolute atomic E-state index is 4.93. The molecule has 3 heterocycles. The zero-order valence-electron chi connectivity index (χ0n) is 17.2. The summed E-state index contributed by atoms with van der Waals surface area (Å²) in [5.41, 5.74) is 1.01. The highest BCUT2D eigenvalue weighted by Crippen LogP contribution is 2.20. The normalized spacial score (nSPS) is 25.7. The van der Waals surface area contributed by atoms with E-state index in [1.807, 2.05) is 6.07 Å². The average molecular weight is 377 g/mol. The van der Waals surface area contributed by atoms with Crippen LogP contribution in [-0.2, 0) is 6.54 Å². The van der Waals surface area contributed by atoms with E-state index in [4.69, 9.17) is 9.52 Å². The minimum atomic E-state index is 0.809. The van der Waals surface area contributed by atoms with E-state index >= 15 is 0 Å². The van der Waals surface area contributed by atoms with Crippen molar-refractivity contribution in [1.29, 1.82) is 0 Å². The van der Waals surface area contributed by atoms with Gasteiger partial charge in [0, 0.05) is 65.0 Å². The largest absolute Gasteiger partial charge is 0.364 e. The van der Waals surface area contributed by atoms with E-state index in [2.05, 4.69) is 45.9 Å². The number of piperazine rings is 1. The summed E-state index contributed by atoms with van der Waals surface area (Å²) in [4.78, 5) is 12.3. The summed E-state index contributed by atoms with van der Waals surface area (Å²) in [7, 11) is 0. The first-order valence-corrected chi connectivity index (χ1v) is 10.5. The second kappa shape index (κ2) is 10.1. The van der Waals surface area contributed by atoms with Crippen molar-refractivity contribution in [2.75, 3.05) is 58.9 Å². The molecular weight excluding hydrogens is 340 g/mol. The lowest BCUT2D eigenvalue weighted by Gasteiger charge is -2.36. The highest BCUT2D eigenvalue weighted by Gasteiger charge is 2.22. The predicted octanol–water partition coefficient (Wildman–Crippen LogP) is 1.74. The topological polar surface area (TPSA) is 60.1 Å². The zero-order valence-corrected chi connectivity index (χ0v) is 17.2. The average Bonchev–Trinajstić information content (AvgIpc) is 3.14. The molecule has 2 unspecified atom stereocenters. The minimum Gasteiger partial charge on any atom is -0.364 e. The molecule has 1 aromatic heterocycles. The van der Waals surface area contributed by atoms with Crippen LogP contribution in [0.2, 0.25) is 0 Å². The van der Waals surface area contributed by atoms with Gasteiger partial charge in [-0.3, -0.25) is 9.89 Å². The Hall–Kier alpha value is -1.60. The maximum Gasteiger partial charge on any atom is 0.194 e. The van der Waals surface area contributed by atoms with E-state index < -0.39 is 0 Å². The van der Waals surface area contributed by atoms with Crippen molar-refractivity contribution in [3.05, 3.63) is 18.0 Å². The van der Waals surface area contributed by atoms with Gasteiger partial charge in [-0.25, -0.2) is 0 Å². The highest BCUT2D eigenvalue weighted by atomic mass is 16.5. The first kappa shape index (κ1) is 20.1. The van der Waals surface area contributed by atoms with Crippen LogP contribution in [0.4, 0.5) is 0 Å². The molecular formula is C20H36N6O. The van der Waals surface area contributed by atoms with Gasteiger partial charge in [0.05, 0.1) is 12.2 Å². The Labute approximate surface area is 163 Å². The van der Waals surface area contributed by atoms with Gasteiger partial charge in [-0.2, -0.15) is 0 Å². The lowest BCUT2D eigenvalue weighted by atomic mass is 9.92. The van der Waals surface area contributed by atoms with Gasteiger partial charge < -0.3 is 19.6 Å². The summed E-state index contributed by atoms with van der Waals surface area (Å²) < 4.78 is 4.93. The second-order valence-electron chi connectivity index (χ2n) is 8.20. The predicted molar refractivity (Wildman–Crippen MR) is 109 cm³/mol. The summed E-state index contributed by atoms with van der Waals surface area (Å²) in [6.07, 6.45) is 3.01. The van der Waals surface area contributed by atoms with Crippen molar-refractivity contribution in [3.63, 3.8) is 0 Å². The van der Waals surface area contributed by atoms with E-state index in [-0.39, 0.29) is 0 Å². The molecule has 0 aromatic carbocycles. The van der Waals surface area contributed by atoms with Gasteiger partial charge in [-0.15, -0.1) is 0 Å². The minimum absolute atomic E-state index is 0.809. The monoisotopic (exact) mass is 376 g/mol. The highest BCUT2D eigenvalue weighted by molar-refractivity contribution is 5.80. The molecule has 0 spiro atoms. The molecule has 1 N–H and O–H groups in total. The first-order chi connectivity index (χ1) is 13.1. The Morgan fingerprint density at radius 2 is 1.93 bits per heavy atom. The SMILES string of the molecule is CCNC(=NCCN1CC(C)CC(C)C1)N1CCN(Cc2ccon2)CC1. The molecule has 0 bridgehead atoms. The van der Waals surface area contributed by atoms with Crippen LogP contribution in [0, 0.1) is 11.8 Å². The Morgan fingerprint density at radius 1 is 1.19 bits per heavy atom. The van der Waals surface area contributed by atoms with Crippen LogP contribution in [0.15, 0.2) is 21.8 Å². The molecule has 27 heavy (non-hydrogen) atoms. The van der Waals surface area contributed by atoms with Gasteiger partial charge in [0.15, 0.2) is 5.96 Å². The summed E-state index contributed by atoms with van der Waals surface area (Å²) in [6.45, 7) is 17.1. The van der Waals surface area contributed by atoms with Crippen LogP contribution in [0.1, 0.15) is 32.9 Å². The van der Waals surface area contributed by atoms with E-state index in [1.165, 1.54) is 19.5 Å². The number of nitrogens with one attached hydrogen (secondary N) is 1.